The number of Topliss-reactive ketones (excluding diaryl/α,β-unsaturated/α-hetero) is 2. The Balaban J connectivity index is 1.84. The second-order valence-corrected chi connectivity index (χ2v) is 6.67. The summed E-state index contributed by atoms with van der Waals surface area (Å²) in [5.74, 6) is -0.252. The van der Waals surface area contributed by atoms with Crippen LogP contribution >= 0.6 is 11.6 Å². The minimum atomic E-state index is -0.0926. The zero-order chi connectivity index (χ0) is 18.6. The van der Waals surface area contributed by atoms with Crippen molar-refractivity contribution in [3.63, 3.8) is 0 Å². The van der Waals surface area contributed by atoms with Gasteiger partial charge in [-0.05, 0) is 51.3 Å². The summed E-state index contributed by atoms with van der Waals surface area (Å²) in [6.07, 6.45) is 1.36. The van der Waals surface area contributed by atoms with Crippen molar-refractivity contribution in [1.29, 1.82) is 0 Å². The predicted octanol–water partition coefficient (Wildman–Crippen LogP) is 3.58. The van der Waals surface area contributed by atoms with Crippen LogP contribution in [0.15, 0.2) is 46.6 Å². The van der Waals surface area contributed by atoms with E-state index in [0.717, 1.165) is 5.56 Å². The Morgan fingerprint density at radius 1 is 0.920 bits per heavy atom. The Morgan fingerprint density at radius 3 is 2.16 bits per heavy atom. The van der Waals surface area contributed by atoms with E-state index in [1.54, 1.807) is 32.9 Å². The molecule has 0 radical (unpaired) electrons. The molecule has 25 heavy (non-hydrogen) atoms. The number of hydrogen-bond donors (Lipinski definition) is 1. The van der Waals surface area contributed by atoms with E-state index in [2.05, 4.69) is 5.32 Å². The fraction of sp³-hybridized carbons (Fsp3) is 0.350. The minimum absolute atomic E-state index is 0.0776. The standard InChI is InChI=1S/C20H22ClNO3/c1-12-13(2)20(25)17(14(3)19(12)24)10-11-22-18(23)9-6-15-4-7-16(21)8-5-15/h4-5,7-8H,6,9-11H2,1-3H3,(H,22,23). The number of benzene rings is 1. The van der Waals surface area contributed by atoms with Crippen LogP contribution in [0.1, 0.15) is 39.2 Å². The van der Waals surface area contributed by atoms with Gasteiger partial charge in [0.2, 0.25) is 5.91 Å². The highest BCUT2D eigenvalue weighted by Gasteiger charge is 2.27. The molecule has 1 amide bonds. The van der Waals surface area contributed by atoms with E-state index >= 15 is 0 Å². The number of carbonyl (C=O) groups is 3. The van der Waals surface area contributed by atoms with Crippen molar-refractivity contribution in [2.24, 2.45) is 0 Å². The SMILES string of the molecule is CC1=C(C)C(=O)C(CCNC(=O)CCc2ccc(Cl)cc2)=C(C)C1=O. The third-order valence-corrected chi connectivity index (χ3v) is 4.81. The molecule has 1 aromatic carbocycles. The van der Waals surface area contributed by atoms with Crippen molar-refractivity contribution in [3.8, 4) is 0 Å². The summed E-state index contributed by atoms with van der Waals surface area (Å²) in [5.41, 5.74) is 3.05. The maximum Gasteiger partial charge on any atom is 0.220 e. The Bertz CT molecular complexity index is 773. The van der Waals surface area contributed by atoms with Gasteiger partial charge < -0.3 is 5.32 Å². The summed E-state index contributed by atoms with van der Waals surface area (Å²) in [5, 5.41) is 3.48. The van der Waals surface area contributed by atoms with Crippen molar-refractivity contribution < 1.29 is 14.4 Å². The highest BCUT2D eigenvalue weighted by atomic mass is 35.5. The lowest BCUT2D eigenvalue weighted by Crippen LogP contribution is -2.28. The first-order valence-electron chi connectivity index (χ1n) is 8.29. The summed E-state index contributed by atoms with van der Waals surface area (Å²) in [4.78, 5) is 36.4. The van der Waals surface area contributed by atoms with Crippen molar-refractivity contribution in [1.82, 2.24) is 5.32 Å². The van der Waals surface area contributed by atoms with E-state index in [9.17, 15) is 14.4 Å². The smallest absolute Gasteiger partial charge is 0.220 e. The molecule has 0 spiro atoms. The van der Waals surface area contributed by atoms with E-state index < -0.39 is 0 Å². The van der Waals surface area contributed by atoms with E-state index in [-0.39, 0.29) is 17.5 Å². The molecule has 1 aliphatic rings. The van der Waals surface area contributed by atoms with Gasteiger partial charge in [-0.1, -0.05) is 23.7 Å². The van der Waals surface area contributed by atoms with Crippen LogP contribution in [-0.2, 0) is 20.8 Å². The fourth-order valence-electron chi connectivity index (χ4n) is 2.78. The number of carbonyl (C=O) groups excluding carboxylic acids is 3. The summed E-state index contributed by atoms with van der Waals surface area (Å²) in [6.45, 7) is 5.37. The van der Waals surface area contributed by atoms with Gasteiger partial charge in [-0.15, -0.1) is 0 Å². The second kappa shape index (κ2) is 8.26. The number of allylic oxidation sites excluding steroid dienone is 3. The molecular formula is C20H22ClNO3. The van der Waals surface area contributed by atoms with Gasteiger partial charge in [-0.3, -0.25) is 14.4 Å². The molecule has 0 saturated carbocycles. The largest absolute Gasteiger partial charge is 0.356 e. The highest BCUT2D eigenvalue weighted by molar-refractivity contribution is 6.30. The van der Waals surface area contributed by atoms with Crippen LogP contribution in [0.4, 0.5) is 0 Å². The second-order valence-electron chi connectivity index (χ2n) is 6.24. The number of nitrogens with one attached hydrogen (secondary N) is 1. The van der Waals surface area contributed by atoms with Gasteiger partial charge in [-0.2, -0.15) is 0 Å². The third-order valence-electron chi connectivity index (χ3n) is 4.56. The number of ketones is 2. The van der Waals surface area contributed by atoms with Crippen molar-refractivity contribution in [3.05, 3.63) is 57.1 Å². The van der Waals surface area contributed by atoms with Gasteiger partial charge in [0, 0.05) is 40.3 Å². The van der Waals surface area contributed by atoms with Gasteiger partial charge in [0.05, 0.1) is 0 Å². The summed E-state index contributed by atoms with van der Waals surface area (Å²) < 4.78 is 0. The number of rotatable bonds is 6. The first kappa shape index (κ1) is 19.1. The maximum atomic E-state index is 12.3. The van der Waals surface area contributed by atoms with Gasteiger partial charge in [0.15, 0.2) is 11.6 Å². The molecule has 132 valence electrons. The first-order valence-corrected chi connectivity index (χ1v) is 8.66. The molecule has 0 bridgehead atoms. The van der Waals surface area contributed by atoms with E-state index in [4.69, 9.17) is 11.6 Å². The normalized spacial score (nSPS) is 15.0. The number of halogens is 1. The van der Waals surface area contributed by atoms with Crippen molar-refractivity contribution in [2.45, 2.75) is 40.0 Å². The topological polar surface area (TPSA) is 63.2 Å². The van der Waals surface area contributed by atoms with Gasteiger partial charge >= 0.3 is 0 Å². The summed E-state index contributed by atoms with van der Waals surface area (Å²) in [7, 11) is 0. The van der Waals surface area contributed by atoms with E-state index in [1.807, 2.05) is 12.1 Å². The van der Waals surface area contributed by atoms with Crippen LogP contribution in [0, 0.1) is 0 Å². The number of hydrogen-bond acceptors (Lipinski definition) is 3. The van der Waals surface area contributed by atoms with Crippen molar-refractivity contribution >= 4 is 29.1 Å². The molecule has 5 heteroatoms. The fourth-order valence-corrected chi connectivity index (χ4v) is 2.91. The molecule has 2 rings (SSSR count). The average Bonchev–Trinajstić information content (AvgIpc) is 2.60. The van der Waals surface area contributed by atoms with Crippen LogP contribution in [0.2, 0.25) is 5.02 Å². The zero-order valence-corrected chi connectivity index (χ0v) is 15.5. The number of amides is 1. The molecule has 1 aliphatic carbocycles. The average molecular weight is 360 g/mol. The maximum absolute atomic E-state index is 12.3. The van der Waals surface area contributed by atoms with E-state index in [0.29, 0.717) is 53.1 Å². The van der Waals surface area contributed by atoms with Gasteiger partial charge in [0.1, 0.15) is 0 Å². The first-order chi connectivity index (χ1) is 11.8. The minimum Gasteiger partial charge on any atom is -0.356 e. The van der Waals surface area contributed by atoms with Crippen molar-refractivity contribution in [2.75, 3.05) is 6.54 Å². The van der Waals surface area contributed by atoms with Gasteiger partial charge in [0.25, 0.3) is 0 Å². The lowest BCUT2D eigenvalue weighted by atomic mass is 9.84. The molecule has 0 aromatic heterocycles. The molecule has 0 atom stereocenters. The Morgan fingerprint density at radius 2 is 1.52 bits per heavy atom. The van der Waals surface area contributed by atoms with Crippen LogP contribution < -0.4 is 5.32 Å². The van der Waals surface area contributed by atoms with Crippen LogP contribution in [0.5, 0.6) is 0 Å². The van der Waals surface area contributed by atoms with Crippen LogP contribution in [0.25, 0.3) is 0 Å². The molecular weight excluding hydrogens is 338 g/mol. The zero-order valence-electron chi connectivity index (χ0n) is 14.7. The summed E-state index contributed by atoms with van der Waals surface area (Å²) in [6, 6.07) is 7.39. The Hall–Kier alpha value is -2.20. The number of aryl methyl sites for hydroxylation is 1. The molecule has 0 saturated heterocycles. The Labute approximate surface area is 152 Å². The molecule has 4 nitrogen and oxygen atoms in total. The predicted molar refractivity (Wildman–Crippen MR) is 98.5 cm³/mol. The highest BCUT2D eigenvalue weighted by Crippen LogP contribution is 2.25. The quantitative estimate of drug-likeness (QED) is 0.789. The molecule has 0 fully saturated rings. The lowest BCUT2D eigenvalue weighted by Gasteiger charge is -2.18. The molecule has 1 aromatic rings. The summed E-state index contributed by atoms with van der Waals surface area (Å²) >= 11 is 5.83. The molecule has 0 aliphatic heterocycles. The van der Waals surface area contributed by atoms with Crippen LogP contribution in [0.3, 0.4) is 0 Å². The molecule has 0 heterocycles. The lowest BCUT2D eigenvalue weighted by molar-refractivity contribution is -0.121. The van der Waals surface area contributed by atoms with Crippen LogP contribution in [-0.4, -0.2) is 24.0 Å². The molecule has 0 unspecified atom stereocenters. The monoisotopic (exact) mass is 359 g/mol. The van der Waals surface area contributed by atoms with E-state index in [1.165, 1.54) is 0 Å². The Kier molecular flexibility index (Phi) is 6.32. The van der Waals surface area contributed by atoms with Gasteiger partial charge in [-0.25, -0.2) is 0 Å². The third kappa shape index (κ3) is 4.67. The molecule has 1 N–H and O–H groups in total.